The average molecular weight is 301 g/mol. The number of nitrogens with one attached hydrogen (secondary N) is 1. The normalized spacial score (nSPS) is 10.6. The van der Waals surface area contributed by atoms with Crippen molar-refractivity contribution in [2.75, 3.05) is 12.4 Å². The summed E-state index contributed by atoms with van der Waals surface area (Å²) in [5.41, 5.74) is 1.82. The number of carbonyl (C=O) groups is 1. The van der Waals surface area contributed by atoms with Crippen LogP contribution in [0, 0.1) is 0 Å². The van der Waals surface area contributed by atoms with E-state index in [4.69, 9.17) is 4.74 Å². The minimum atomic E-state index is -0.121. The van der Waals surface area contributed by atoms with E-state index in [0.717, 1.165) is 17.1 Å². The number of anilines is 1. The zero-order valence-corrected chi connectivity index (χ0v) is 13.5. The van der Waals surface area contributed by atoms with E-state index < -0.39 is 0 Å². The number of methoxy groups -OCH3 is 1. The fourth-order valence-electron chi connectivity index (χ4n) is 2.22. The lowest BCUT2D eigenvalue weighted by Crippen LogP contribution is -2.39. The molecular weight excluding hydrogens is 278 g/mol. The minimum absolute atomic E-state index is 0.0977. The monoisotopic (exact) mass is 301 g/mol. The van der Waals surface area contributed by atoms with Gasteiger partial charge in [-0.25, -0.2) is 4.79 Å². The van der Waals surface area contributed by atoms with Crippen molar-refractivity contribution in [3.63, 3.8) is 0 Å². The van der Waals surface area contributed by atoms with E-state index in [1.165, 1.54) is 0 Å². The number of amides is 2. The third-order valence-corrected chi connectivity index (χ3v) is 3.59. The Morgan fingerprint density at radius 1 is 1.32 bits per heavy atom. The molecule has 118 valence electrons. The highest BCUT2D eigenvalue weighted by atomic mass is 16.5. The lowest BCUT2D eigenvalue weighted by molar-refractivity contribution is 0.192. The summed E-state index contributed by atoms with van der Waals surface area (Å²) in [4.78, 5) is 14.4. The van der Waals surface area contributed by atoms with Crippen molar-refractivity contribution >= 4 is 11.7 Å². The second-order valence-corrected chi connectivity index (χ2v) is 5.49. The van der Waals surface area contributed by atoms with Gasteiger partial charge in [0.25, 0.3) is 0 Å². The zero-order valence-electron chi connectivity index (χ0n) is 13.5. The molecule has 1 heterocycles. The summed E-state index contributed by atoms with van der Waals surface area (Å²) in [6.07, 6.45) is 1.98. The molecule has 2 rings (SSSR count). The lowest BCUT2D eigenvalue weighted by atomic mass is 10.2. The van der Waals surface area contributed by atoms with Crippen LogP contribution in [0.5, 0.6) is 5.75 Å². The molecule has 0 bridgehead atoms. The molecule has 0 aliphatic carbocycles. The van der Waals surface area contributed by atoms with Crippen LogP contribution in [0.3, 0.4) is 0 Å². The topological polar surface area (TPSA) is 46.5 Å². The van der Waals surface area contributed by atoms with E-state index in [9.17, 15) is 4.79 Å². The molecule has 0 fully saturated rings. The van der Waals surface area contributed by atoms with Crippen molar-refractivity contribution < 1.29 is 9.53 Å². The highest BCUT2D eigenvalue weighted by Crippen LogP contribution is 2.18. The molecule has 5 heteroatoms. The first-order chi connectivity index (χ1) is 10.5. The molecule has 2 amide bonds. The van der Waals surface area contributed by atoms with Crippen LogP contribution in [-0.4, -0.2) is 28.6 Å². The molecule has 1 aromatic heterocycles. The van der Waals surface area contributed by atoms with E-state index in [2.05, 4.69) is 5.32 Å². The molecule has 0 aliphatic heterocycles. The lowest BCUT2D eigenvalue weighted by Gasteiger charge is -2.27. The number of hydrogen-bond acceptors (Lipinski definition) is 2. The van der Waals surface area contributed by atoms with Crippen molar-refractivity contribution in [1.82, 2.24) is 9.47 Å². The van der Waals surface area contributed by atoms with Gasteiger partial charge in [-0.05, 0) is 38.1 Å². The van der Waals surface area contributed by atoms with Crippen molar-refractivity contribution in [3.05, 3.63) is 48.3 Å². The molecule has 5 nitrogen and oxygen atoms in total. The van der Waals surface area contributed by atoms with Crippen LogP contribution in [0.15, 0.2) is 42.6 Å². The van der Waals surface area contributed by atoms with Gasteiger partial charge < -0.3 is 19.5 Å². The molecule has 0 unspecified atom stereocenters. The maximum absolute atomic E-state index is 12.6. The first-order valence-corrected chi connectivity index (χ1v) is 7.33. The van der Waals surface area contributed by atoms with Crippen LogP contribution in [0.4, 0.5) is 10.5 Å². The van der Waals surface area contributed by atoms with Gasteiger partial charge >= 0.3 is 6.03 Å². The quantitative estimate of drug-likeness (QED) is 0.919. The third-order valence-electron chi connectivity index (χ3n) is 3.59. The number of urea groups is 1. The smallest absolute Gasteiger partial charge is 0.322 e. The number of hydrogen-bond donors (Lipinski definition) is 1. The zero-order chi connectivity index (χ0) is 16.1. The van der Waals surface area contributed by atoms with E-state index in [-0.39, 0.29) is 12.1 Å². The Morgan fingerprint density at radius 3 is 2.68 bits per heavy atom. The van der Waals surface area contributed by atoms with Crippen molar-refractivity contribution in [1.29, 1.82) is 0 Å². The second kappa shape index (κ2) is 7.02. The molecule has 0 atom stereocenters. The second-order valence-electron chi connectivity index (χ2n) is 5.49. The highest BCUT2D eigenvalue weighted by molar-refractivity contribution is 5.89. The number of aryl methyl sites for hydroxylation is 1. The van der Waals surface area contributed by atoms with Crippen molar-refractivity contribution in [2.24, 2.45) is 7.05 Å². The van der Waals surface area contributed by atoms with Gasteiger partial charge in [-0.2, -0.15) is 0 Å². The maximum atomic E-state index is 12.6. The van der Waals surface area contributed by atoms with Gasteiger partial charge in [-0.1, -0.05) is 6.07 Å². The summed E-state index contributed by atoms with van der Waals surface area (Å²) < 4.78 is 7.20. The summed E-state index contributed by atoms with van der Waals surface area (Å²) >= 11 is 0. The van der Waals surface area contributed by atoms with E-state index in [1.54, 1.807) is 18.1 Å². The Morgan fingerprint density at radius 2 is 2.09 bits per heavy atom. The average Bonchev–Trinajstić information content (AvgIpc) is 2.89. The Balaban J connectivity index is 2.11. The van der Waals surface area contributed by atoms with Crippen molar-refractivity contribution in [3.8, 4) is 5.75 Å². The SMILES string of the molecule is COc1cccc(NC(=O)N(Cc2cccn2C)C(C)C)c1. The Labute approximate surface area is 131 Å². The predicted molar refractivity (Wildman–Crippen MR) is 88.1 cm³/mol. The first kappa shape index (κ1) is 15.9. The van der Waals surface area contributed by atoms with Crippen LogP contribution >= 0.6 is 0 Å². The molecular formula is C17H23N3O2. The number of nitrogens with zero attached hydrogens (tertiary/aromatic N) is 2. The summed E-state index contributed by atoms with van der Waals surface area (Å²) in [5.74, 6) is 0.719. The van der Waals surface area contributed by atoms with Crippen molar-refractivity contribution in [2.45, 2.75) is 26.4 Å². The molecule has 2 aromatic rings. The van der Waals surface area contributed by atoms with E-state index >= 15 is 0 Å². The Hall–Kier alpha value is -2.43. The summed E-state index contributed by atoms with van der Waals surface area (Å²) in [6.45, 7) is 4.58. The fourth-order valence-corrected chi connectivity index (χ4v) is 2.22. The summed E-state index contributed by atoms with van der Waals surface area (Å²) in [6, 6.07) is 11.3. The van der Waals surface area contributed by atoms with E-state index in [1.807, 2.05) is 62.0 Å². The third kappa shape index (κ3) is 3.81. The summed E-state index contributed by atoms with van der Waals surface area (Å²) in [7, 11) is 3.59. The van der Waals surface area contributed by atoms with Crippen LogP contribution in [0.1, 0.15) is 19.5 Å². The van der Waals surface area contributed by atoms with Gasteiger partial charge in [-0.15, -0.1) is 0 Å². The number of aromatic nitrogens is 1. The van der Waals surface area contributed by atoms with Gasteiger partial charge in [0, 0.05) is 36.7 Å². The van der Waals surface area contributed by atoms with Crippen LogP contribution in [0.25, 0.3) is 0 Å². The standard InChI is InChI=1S/C17H23N3O2/c1-13(2)20(12-15-8-6-10-19(15)3)17(21)18-14-7-5-9-16(11-14)22-4/h5-11,13H,12H2,1-4H3,(H,18,21). The Bertz CT molecular complexity index is 634. The molecule has 0 saturated carbocycles. The minimum Gasteiger partial charge on any atom is -0.497 e. The van der Waals surface area contributed by atoms with E-state index in [0.29, 0.717) is 6.54 Å². The number of benzene rings is 1. The predicted octanol–water partition coefficient (Wildman–Crippen LogP) is 3.48. The number of ether oxygens (including phenoxy) is 1. The molecule has 1 N–H and O–H groups in total. The van der Waals surface area contributed by atoms with Gasteiger partial charge in [0.05, 0.1) is 13.7 Å². The molecule has 0 saturated heterocycles. The number of rotatable bonds is 5. The van der Waals surface area contributed by atoms with Gasteiger partial charge in [0.15, 0.2) is 0 Å². The number of carbonyl (C=O) groups excluding carboxylic acids is 1. The highest BCUT2D eigenvalue weighted by Gasteiger charge is 2.18. The van der Waals surface area contributed by atoms with Crippen LogP contribution in [-0.2, 0) is 13.6 Å². The fraction of sp³-hybridized carbons (Fsp3) is 0.353. The van der Waals surface area contributed by atoms with Gasteiger partial charge in [-0.3, -0.25) is 0 Å². The molecule has 0 spiro atoms. The summed E-state index contributed by atoms with van der Waals surface area (Å²) in [5, 5.41) is 2.93. The molecule has 0 radical (unpaired) electrons. The maximum Gasteiger partial charge on any atom is 0.322 e. The largest absolute Gasteiger partial charge is 0.497 e. The molecule has 22 heavy (non-hydrogen) atoms. The first-order valence-electron chi connectivity index (χ1n) is 7.33. The molecule has 1 aromatic carbocycles. The van der Waals surface area contributed by atoms with Crippen LogP contribution in [0.2, 0.25) is 0 Å². The van der Waals surface area contributed by atoms with Gasteiger partial charge in [0.2, 0.25) is 0 Å². The van der Waals surface area contributed by atoms with Crippen LogP contribution < -0.4 is 10.1 Å². The van der Waals surface area contributed by atoms with Gasteiger partial charge in [0.1, 0.15) is 5.75 Å². The molecule has 0 aliphatic rings. The Kier molecular flexibility index (Phi) is 5.09.